The first-order valence-corrected chi connectivity index (χ1v) is 6.74. The van der Waals surface area contributed by atoms with Crippen LogP contribution in [0.15, 0.2) is 0 Å². The number of amides is 1. The Bertz CT molecular complexity index is 206. The van der Waals surface area contributed by atoms with Gasteiger partial charge in [-0.3, -0.25) is 4.79 Å². The SMILES string of the molecule is CCCNC(=O)CNC1CCCCCC1C. The van der Waals surface area contributed by atoms with Gasteiger partial charge in [0.25, 0.3) is 0 Å². The Morgan fingerprint density at radius 2 is 2.00 bits per heavy atom. The minimum Gasteiger partial charge on any atom is -0.355 e. The molecule has 1 aliphatic carbocycles. The molecule has 1 fully saturated rings. The van der Waals surface area contributed by atoms with Gasteiger partial charge in [-0.15, -0.1) is 0 Å². The van der Waals surface area contributed by atoms with Crippen molar-refractivity contribution in [1.29, 1.82) is 0 Å². The Labute approximate surface area is 99.4 Å². The molecule has 1 aliphatic rings. The first kappa shape index (κ1) is 13.5. The van der Waals surface area contributed by atoms with Gasteiger partial charge in [0.15, 0.2) is 0 Å². The maximum atomic E-state index is 11.5. The lowest BCUT2D eigenvalue weighted by Crippen LogP contribution is -2.41. The van der Waals surface area contributed by atoms with E-state index in [1.54, 1.807) is 0 Å². The van der Waals surface area contributed by atoms with Gasteiger partial charge >= 0.3 is 0 Å². The molecule has 1 amide bonds. The number of carbonyl (C=O) groups is 1. The maximum Gasteiger partial charge on any atom is 0.233 e. The standard InChI is InChI=1S/C13H26N2O/c1-3-9-14-13(16)10-15-12-8-6-4-5-7-11(12)2/h11-12,15H,3-10H2,1-2H3,(H,14,16). The fourth-order valence-corrected chi connectivity index (χ4v) is 2.35. The van der Waals surface area contributed by atoms with E-state index in [1.807, 2.05) is 0 Å². The molecule has 0 aromatic carbocycles. The third-order valence-corrected chi connectivity index (χ3v) is 3.46. The topological polar surface area (TPSA) is 41.1 Å². The van der Waals surface area contributed by atoms with Crippen molar-refractivity contribution in [1.82, 2.24) is 10.6 Å². The molecule has 0 aromatic heterocycles. The molecule has 0 heterocycles. The highest BCUT2D eigenvalue weighted by Gasteiger charge is 2.19. The van der Waals surface area contributed by atoms with Crippen molar-refractivity contribution in [3.05, 3.63) is 0 Å². The van der Waals surface area contributed by atoms with Crippen molar-refractivity contribution in [3.63, 3.8) is 0 Å². The van der Waals surface area contributed by atoms with Crippen LogP contribution in [0.5, 0.6) is 0 Å². The minimum atomic E-state index is 0.137. The van der Waals surface area contributed by atoms with Gasteiger partial charge in [-0.05, 0) is 25.2 Å². The van der Waals surface area contributed by atoms with Crippen molar-refractivity contribution in [3.8, 4) is 0 Å². The van der Waals surface area contributed by atoms with E-state index >= 15 is 0 Å². The molecule has 1 rings (SSSR count). The highest BCUT2D eigenvalue weighted by atomic mass is 16.1. The summed E-state index contributed by atoms with van der Waals surface area (Å²) in [5.41, 5.74) is 0. The van der Waals surface area contributed by atoms with E-state index in [1.165, 1.54) is 32.1 Å². The first-order chi connectivity index (χ1) is 7.74. The fourth-order valence-electron chi connectivity index (χ4n) is 2.35. The van der Waals surface area contributed by atoms with Crippen LogP contribution in [0.3, 0.4) is 0 Å². The van der Waals surface area contributed by atoms with E-state index in [4.69, 9.17) is 0 Å². The Kier molecular flexibility index (Phi) is 6.46. The quantitative estimate of drug-likeness (QED) is 0.705. The molecule has 2 unspecified atom stereocenters. The highest BCUT2D eigenvalue weighted by Crippen LogP contribution is 2.22. The van der Waals surface area contributed by atoms with Crippen LogP contribution in [-0.2, 0) is 4.79 Å². The molecule has 0 aliphatic heterocycles. The third-order valence-electron chi connectivity index (χ3n) is 3.46. The number of nitrogens with one attached hydrogen (secondary N) is 2. The van der Waals surface area contributed by atoms with Gasteiger partial charge < -0.3 is 10.6 Å². The Balaban J connectivity index is 2.21. The number of carbonyl (C=O) groups excluding carboxylic acids is 1. The zero-order valence-electron chi connectivity index (χ0n) is 10.7. The zero-order chi connectivity index (χ0) is 11.8. The largest absolute Gasteiger partial charge is 0.355 e. The summed E-state index contributed by atoms with van der Waals surface area (Å²) < 4.78 is 0. The smallest absolute Gasteiger partial charge is 0.233 e. The number of rotatable bonds is 5. The molecule has 0 bridgehead atoms. The summed E-state index contributed by atoms with van der Waals surface area (Å²) in [6.07, 6.45) is 7.53. The Hall–Kier alpha value is -0.570. The van der Waals surface area contributed by atoms with E-state index in [9.17, 15) is 4.79 Å². The van der Waals surface area contributed by atoms with Gasteiger partial charge in [-0.2, -0.15) is 0 Å². The molecule has 3 heteroatoms. The van der Waals surface area contributed by atoms with E-state index in [2.05, 4.69) is 24.5 Å². The van der Waals surface area contributed by atoms with Crippen LogP contribution in [0.4, 0.5) is 0 Å². The van der Waals surface area contributed by atoms with Crippen LogP contribution in [0.25, 0.3) is 0 Å². The van der Waals surface area contributed by atoms with Gasteiger partial charge in [0.05, 0.1) is 6.54 Å². The lowest BCUT2D eigenvalue weighted by molar-refractivity contribution is -0.120. The van der Waals surface area contributed by atoms with Crippen molar-refractivity contribution in [2.75, 3.05) is 13.1 Å². The molecule has 0 radical (unpaired) electrons. The average molecular weight is 226 g/mol. The summed E-state index contributed by atoms with van der Waals surface area (Å²) in [5.74, 6) is 0.847. The van der Waals surface area contributed by atoms with Crippen LogP contribution < -0.4 is 10.6 Å². The van der Waals surface area contributed by atoms with E-state index in [0.717, 1.165) is 13.0 Å². The molecule has 2 atom stereocenters. The van der Waals surface area contributed by atoms with Gasteiger partial charge in [-0.1, -0.05) is 33.1 Å². The number of hydrogen-bond donors (Lipinski definition) is 2. The molecule has 0 aromatic rings. The summed E-state index contributed by atoms with van der Waals surface area (Å²) in [6, 6.07) is 0.537. The lowest BCUT2D eigenvalue weighted by Gasteiger charge is -2.22. The van der Waals surface area contributed by atoms with Crippen LogP contribution in [0.2, 0.25) is 0 Å². The molecule has 0 saturated heterocycles. The van der Waals surface area contributed by atoms with E-state index < -0.39 is 0 Å². The summed E-state index contributed by atoms with van der Waals surface area (Å²) >= 11 is 0. The molecule has 3 nitrogen and oxygen atoms in total. The van der Waals surface area contributed by atoms with Gasteiger partial charge in [-0.25, -0.2) is 0 Å². The molecule has 16 heavy (non-hydrogen) atoms. The fraction of sp³-hybridized carbons (Fsp3) is 0.923. The van der Waals surface area contributed by atoms with Crippen molar-refractivity contribution >= 4 is 5.91 Å². The summed E-state index contributed by atoms with van der Waals surface area (Å²) in [4.78, 5) is 11.5. The Morgan fingerprint density at radius 1 is 1.25 bits per heavy atom. The Morgan fingerprint density at radius 3 is 2.75 bits per heavy atom. The maximum absolute atomic E-state index is 11.5. The van der Waals surface area contributed by atoms with Crippen LogP contribution in [-0.4, -0.2) is 25.0 Å². The minimum absolute atomic E-state index is 0.137. The predicted molar refractivity (Wildman–Crippen MR) is 67.3 cm³/mol. The van der Waals surface area contributed by atoms with Gasteiger partial charge in [0.1, 0.15) is 0 Å². The molecule has 1 saturated carbocycles. The number of hydrogen-bond acceptors (Lipinski definition) is 2. The van der Waals surface area contributed by atoms with E-state index in [0.29, 0.717) is 18.5 Å². The van der Waals surface area contributed by atoms with Crippen molar-refractivity contribution in [2.24, 2.45) is 5.92 Å². The third kappa shape index (κ3) is 4.97. The lowest BCUT2D eigenvalue weighted by atomic mass is 9.97. The molecule has 94 valence electrons. The molecular formula is C13H26N2O. The van der Waals surface area contributed by atoms with Crippen molar-refractivity contribution < 1.29 is 4.79 Å². The molecule has 0 spiro atoms. The highest BCUT2D eigenvalue weighted by molar-refractivity contribution is 5.77. The van der Waals surface area contributed by atoms with Gasteiger partial charge in [0.2, 0.25) is 5.91 Å². The predicted octanol–water partition coefficient (Wildman–Crippen LogP) is 2.07. The van der Waals surface area contributed by atoms with Crippen LogP contribution in [0, 0.1) is 5.92 Å². The monoisotopic (exact) mass is 226 g/mol. The summed E-state index contributed by atoms with van der Waals surface area (Å²) in [7, 11) is 0. The van der Waals surface area contributed by atoms with Crippen molar-refractivity contribution in [2.45, 2.75) is 58.4 Å². The summed E-state index contributed by atoms with van der Waals surface area (Å²) in [6.45, 7) is 5.64. The molecular weight excluding hydrogens is 200 g/mol. The average Bonchev–Trinajstić information content (AvgIpc) is 2.48. The van der Waals surface area contributed by atoms with Gasteiger partial charge in [0, 0.05) is 12.6 Å². The second kappa shape index (κ2) is 7.66. The summed E-state index contributed by atoms with van der Waals surface area (Å²) in [5, 5.41) is 6.31. The second-order valence-electron chi connectivity index (χ2n) is 4.95. The van der Waals surface area contributed by atoms with Crippen LogP contribution >= 0.6 is 0 Å². The zero-order valence-corrected chi connectivity index (χ0v) is 10.7. The van der Waals surface area contributed by atoms with E-state index in [-0.39, 0.29) is 5.91 Å². The van der Waals surface area contributed by atoms with Crippen LogP contribution in [0.1, 0.15) is 52.4 Å². The normalized spacial score (nSPS) is 26.1. The molecule has 2 N–H and O–H groups in total. The first-order valence-electron chi connectivity index (χ1n) is 6.74. The second-order valence-corrected chi connectivity index (χ2v) is 4.95.